The van der Waals surface area contributed by atoms with Crippen LogP contribution in [0.3, 0.4) is 0 Å². The Bertz CT molecular complexity index is 1340. The number of sulfonamides is 1. The summed E-state index contributed by atoms with van der Waals surface area (Å²) in [5.41, 5.74) is 1.21. The van der Waals surface area contributed by atoms with Crippen LogP contribution in [0.15, 0.2) is 71.6 Å². The van der Waals surface area contributed by atoms with E-state index >= 15 is 0 Å². The van der Waals surface area contributed by atoms with Crippen LogP contribution in [0.1, 0.15) is 11.1 Å². The molecule has 3 aromatic rings. The zero-order valence-electron chi connectivity index (χ0n) is 18.4. The first kappa shape index (κ1) is 23.4. The highest BCUT2D eigenvalue weighted by atomic mass is 32.2. The molecule has 1 fully saturated rings. The second-order valence-electron chi connectivity index (χ2n) is 8.16. The van der Waals surface area contributed by atoms with Crippen molar-refractivity contribution < 1.29 is 18.0 Å². The van der Waals surface area contributed by atoms with Crippen LogP contribution in [0, 0.1) is 11.3 Å². The third-order valence-electron chi connectivity index (χ3n) is 5.92. The minimum absolute atomic E-state index is 0.0783. The van der Waals surface area contributed by atoms with Gasteiger partial charge in [-0.15, -0.1) is 0 Å². The van der Waals surface area contributed by atoms with Gasteiger partial charge in [0.2, 0.25) is 22.3 Å². The Balaban J connectivity index is 1.61. The number of amides is 2. The predicted octanol–water partition coefficient (Wildman–Crippen LogP) is 1.90. The zero-order valence-corrected chi connectivity index (χ0v) is 19.2. The van der Waals surface area contributed by atoms with Crippen molar-refractivity contribution in [2.75, 3.05) is 26.2 Å². The summed E-state index contributed by atoms with van der Waals surface area (Å²) in [7, 11) is -4.00. The Morgan fingerprint density at radius 2 is 1.68 bits per heavy atom. The first-order valence-corrected chi connectivity index (χ1v) is 12.4. The summed E-state index contributed by atoms with van der Waals surface area (Å²) in [5, 5.41) is 10.7. The average molecular weight is 477 g/mol. The minimum Gasteiger partial charge on any atom is -0.342 e. The van der Waals surface area contributed by atoms with Gasteiger partial charge in [-0.3, -0.25) is 9.59 Å². The minimum atomic E-state index is -4.00. The molecular weight excluding hydrogens is 452 g/mol. The lowest BCUT2D eigenvalue weighted by atomic mass is 10.0. The molecular formula is C25H24N4O4S. The van der Waals surface area contributed by atoms with E-state index < -0.39 is 16.1 Å². The van der Waals surface area contributed by atoms with Crippen molar-refractivity contribution >= 4 is 33.1 Å². The smallest absolute Gasteiger partial charge is 0.241 e. The normalized spacial score (nSPS) is 15.0. The zero-order chi connectivity index (χ0) is 24.1. The van der Waals surface area contributed by atoms with Gasteiger partial charge in [-0.05, 0) is 47.0 Å². The number of rotatable bonds is 7. The van der Waals surface area contributed by atoms with E-state index in [9.17, 15) is 18.0 Å². The molecule has 0 unspecified atom stereocenters. The number of benzene rings is 3. The molecule has 0 spiro atoms. The molecule has 1 aliphatic heterocycles. The van der Waals surface area contributed by atoms with Crippen molar-refractivity contribution in [2.24, 2.45) is 0 Å². The molecule has 1 N–H and O–H groups in total. The molecule has 1 atom stereocenters. The van der Waals surface area contributed by atoms with Crippen LogP contribution in [0.5, 0.6) is 0 Å². The summed E-state index contributed by atoms with van der Waals surface area (Å²) in [5.74, 6) is -0.348. The molecule has 0 aliphatic carbocycles. The van der Waals surface area contributed by atoms with Crippen molar-refractivity contribution in [1.82, 2.24) is 14.5 Å². The number of carbonyl (C=O) groups excluding carboxylic acids is 2. The number of fused-ring (bicyclic) bond motifs is 1. The number of nitrogens with one attached hydrogen (secondary N) is 1. The number of hydrogen-bond acceptors (Lipinski definition) is 5. The fourth-order valence-electron chi connectivity index (χ4n) is 3.99. The number of piperazine rings is 1. The Hall–Kier alpha value is -3.74. The number of nitriles is 1. The van der Waals surface area contributed by atoms with Gasteiger partial charge in [0.15, 0.2) is 0 Å². The lowest BCUT2D eigenvalue weighted by molar-refractivity contribution is -0.136. The van der Waals surface area contributed by atoms with Gasteiger partial charge in [-0.25, -0.2) is 8.42 Å². The molecule has 0 radical (unpaired) electrons. The van der Waals surface area contributed by atoms with Gasteiger partial charge in [0.1, 0.15) is 6.04 Å². The number of carbonyl (C=O) groups is 2. The van der Waals surface area contributed by atoms with E-state index in [1.807, 2.05) is 30.3 Å². The first-order valence-electron chi connectivity index (χ1n) is 10.9. The molecule has 0 bridgehead atoms. The van der Waals surface area contributed by atoms with Crippen LogP contribution in [0.25, 0.3) is 10.8 Å². The largest absolute Gasteiger partial charge is 0.342 e. The van der Waals surface area contributed by atoms with Crippen LogP contribution >= 0.6 is 0 Å². The van der Waals surface area contributed by atoms with E-state index in [1.54, 1.807) is 46.2 Å². The van der Waals surface area contributed by atoms with Crippen molar-refractivity contribution in [3.8, 4) is 6.07 Å². The topological polar surface area (TPSA) is 111 Å². The standard InChI is InChI=1S/C25H24N4O4S/c26-17-20-7-5-19(6-8-20)15-24(25(31)29-13-11-28(18-30)12-14-29)27-34(32,33)23-10-9-21-3-1-2-4-22(21)16-23/h1-10,16,18,24,27H,11-15H2/t24-/m0/s1. The third-order valence-corrected chi connectivity index (χ3v) is 7.39. The van der Waals surface area contributed by atoms with E-state index in [4.69, 9.17) is 5.26 Å². The van der Waals surface area contributed by atoms with Crippen molar-refractivity contribution in [3.63, 3.8) is 0 Å². The summed E-state index contributed by atoms with van der Waals surface area (Å²) >= 11 is 0. The third kappa shape index (κ3) is 5.25. The molecule has 2 amide bonds. The molecule has 3 aromatic carbocycles. The number of hydrogen-bond donors (Lipinski definition) is 1. The first-order chi connectivity index (χ1) is 16.4. The number of nitrogens with zero attached hydrogens (tertiary/aromatic N) is 3. The van der Waals surface area contributed by atoms with Gasteiger partial charge in [-0.2, -0.15) is 9.98 Å². The summed E-state index contributed by atoms with van der Waals surface area (Å²) in [6, 6.07) is 20.0. The van der Waals surface area contributed by atoms with Gasteiger partial charge in [0.05, 0.1) is 16.5 Å². The molecule has 0 saturated carbocycles. The highest BCUT2D eigenvalue weighted by Crippen LogP contribution is 2.20. The maximum atomic E-state index is 13.4. The van der Waals surface area contributed by atoms with E-state index in [0.29, 0.717) is 31.7 Å². The van der Waals surface area contributed by atoms with E-state index in [1.165, 1.54) is 6.07 Å². The van der Waals surface area contributed by atoms with E-state index in [-0.39, 0.29) is 17.2 Å². The second-order valence-corrected chi connectivity index (χ2v) is 9.88. The molecule has 1 aliphatic rings. The monoisotopic (exact) mass is 476 g/mol. The van der Waals surface area contributed by atoms with Crippen LogP contribution in [-0.2, 0) is 26.0 Å². The van der Waals surface area contributed by atoms with Crippen LogP contribution < -0.4 is 4.72 Å². The average Bonchev–Trinajstić information content (AvgIpc) is 2.88. The Labute approximate surface area is 198 Å². The maximum absolute atomic E-state index is 13.4. The quantitative estimate of drug-likeness (QED) is 0.524. The van der Waals surface area contributed by atoms with Crippen LogP contribution in [-0.4, -0.2) is 62.8 Å². The fraction of sp³-hybridized carbons (Fsp3) is 0.240. The summed E-state index contributed by atoms with van der Waals surface area (Å²) in [4.78, 5) is 27.6. The van der Waals surface area contributed by atoms with Gasteiger partial charge in [0.25, 0.3) is 0 Å². The second kappa shape index (κ2) is 10.0. The van der Waals surface area contributed by atoms with Crippen LogP contribution in [0.4, 0.5) is 0 Å². The molecule has 0 aromatic heterocycles. The molecule has 174 valence electrons. The van der Waals surface area contributed by atoms with E-state index in [2.05, 4.69) is 4.72 Å². The summed E-state index contributed by atoms with van der Waals surface area (Å²) in [6.45, 7) is 1.46. The van der Waals surface area contributed by atoms with Crippen molar-refractivity contribution in [3.05, 3.63) is 77.9 Å². The van der Waals surface area contributed by atoms with Gasteiger partial charge < -0.3 is 9.80 Å². The molecule has 9 heteroatoms. The van der Waals surface area contributed by atoms with Crippen LogP contribution in [0.2, 0.25) is 0 Å². The Morgan fingerprint density at radius 3 is 2.32 bits per heavy atom. The van der Waals surface area contributed by atoms with E-state index in [0.717, 1.165) is 22.7 Å². The molecule has 1 heterocycles. The Morgan fingerprint density at radius 1 is 1.00 bits per heavy atom. The highest BCUT2D eigenvalue weighted by Gasteiger charge is 2.31. The Kier molecular flexibility index (Phi) is 6.91. The fourth-order valence-corrected chi connectivity index (χ4v) is 5.21. The SMILES string of the molecule is N#Cc1ccc(C[C@H](NS(=O)(=O)c2ccc3ccccc3c2)C(=O)N2CCN(C=O)CC2)cc1. The highest BCUT2D eigenvalue weighted by molar-refractivity contribution is 7.89. The van der Waals surface area contributed by atoms with Gasteiger partial charge >= 0.3 is 0 Å². The molecule has 1 saturated heterocycles. The summed E-state index contributed by atoms with van der Waals surface area (Å²) in [6.07, 6.45) is 0.879. The van der Waals surface area contributed by atoms with Gasteiger partial charge in [0, 0.05) is 26.2 Å². The van der Waals surface area contributed by atoms with Gasteiger partial charge in [-0.1, -0.05) is 42.5 Å². The molecule has 8 nitrogen and oxygen atoms in total. The maximum Gasteiger partial charge on any atom is 0.241 e. The van der Waals surface area contributed by atoms with Crippen molar-refractivity contribution in [2.45, 2.75) is 17.4 Å². The molecule has 4 rings (SSSR count). The molecule has 34 heavy (non-hydrogen) atoms. The lowest BCUT2D eigenvalue weighted by Gasteiger charge is -2.34. The van der Waals surface area contributed by atoms with Crippen molar-refractivity contribution in [1.29, 1.82) is 5.26 Å². The lowest BCUT2D eigenvalue weighted by Crippen LogP contribution is -2.55. The predicted molar refractivity (Wildman–Crippen MR) is 127 cm³/mol. The summed E-state index contributed by atoms with van der Waals surface area (Å²) < 4.78 is 29.2.